The number of amides is 5. The molecule has 2 aliphatic heterocycles. The number of hydrogen-bond acceptors (Lipinski definition) is 15. The van der Waals surface area contributed by atoms with Gasteiger partial charge in [0, 0.05) is 17.7 Å². The van der Waals surface area contributed by atoms with Crippen LogP contribution in [0.5, 0.6) is 5.75 Å². The number of anilines is 1. The van der Waals surface area contributed by atoms with Crippen molar-refractivity contribution in [1.29, 1.82) is 0 Å². The number of aromatic nitrogens is 3. The number of hydrogen-bond donors (Lipinski definition) is 8. The lowest BCUT2D eigenvalue weighted by molar-refractivity contribution is -0.144. The number of benzene rings is 2. The fraction of sp³-hybridized carbons (Fsp3) is 0.487. The predicted octanol–water partition coefficient (Wildman–Crippen LogP) is 1.03. The highest BCUT2D eigenvalue weighted by atomic mass is 31.2. The Kier molecular flexibility index (Phi) is 14.9. The van der Waals surface area contributed by atoms with E-state index in [1.54, 1.807) is 42.5 Å². The molecule has 1 saturated heterocycles. The molecule has 1 aromatic heterocycles. The van der Waals surface area contributed by atoms with Crippen LogP contribution < -0.4 is 31.5 Å². The molecule has 5 rings (SSSR count). The summed E-state index contributed by atoms with van der Waals surface area (Å²) in [5.41, 5.74) is 5.81. The summed E-state index contributed by atoms with van der Waals surface area (Å²) in [6.45, 7) is 8.47. The van der Waals surface area contributed by atoms with Gasteiger partial charge in [-0.05, 0) is 43.0 Å². The number of fused-ring (bicyclic) bond motifs is 1. The van der Waals surface area contributed by atoms with Gasteiger partial charge < -0.3 is 51.6 Å². The van der Waals surface area contributed by atoms with Crippen LogP contribution in [0, 0.1) is 5.41 Å². The van der Waals surface area contributed by atoms with Crippen molar-refractivity contribution in [1.82, 2.24) is 30.7 Å². The van der Waals surface area contributed by atoms with Gasteiger partial charge in [0.1, 0.15) is 48.5 Å². The molecule has 0 radical (unpaired) electrons. The molecule has 0 bridgehead atoms. The number of ether oxygens (including phenoxy) is 1. The molecular formula is C39H51N8O14P. The van der Waals surface area contributed by atoms with E-state index in [0.29, 0.717) is 22.4 Å². The monoisotopic (exact) mass is 886 g/mol. The minimum atomic E-state index is -4.35. The van der Waals surface area contributed by atoms with Gasteiger partial charge in [-0.3, -0.25) is 37.8 Å². The summed E-state index contributed by atoms with van der Waals surface area (Å²) >= 11 is 0. The maximum atomic E-state index is 13.9. The first-order valence-electron chi connectivity index (χ1n) is 19.5. The number of carbonyl (C=O) groups excluding carboxylic acids is 5. The van der Waals surface area contributed by atoms with Gasteiger partial charge in [-0.1, -0.05) is 58.0 Å². The Bertz CT molecular complexity index is 2220. The van der Waals surface area contributed by atoms with Gasteiger partial charge >= 0.3 is 13.8 Å². The van der Waals surface area contributed by atoms with Crippen molar-refractivity contribution in [2.45, 2.75) is 110 Å². The lowest BCUT2D eigenvalue weighted by atomic mass is 9.88. The normalized spacial score (nSPS) is 22.3. The zero-order valence-corrected chi connectivity index (χ0v) is 35.7. The Morgan fingerprint density at radius 1 is 0.968 bits per heavy atom. The fourth-order valence-corrected chi connectivity index (χ4v) is 7.70. The molecule has 1 fully saturated rings. The van der Waals surface area contributed by atoms with Crippen LogP contribution in [0.25, 0.3) is 0 Å². The largest absolute Gasteiger partial charge is 0.530 e. The second-order valence-electron chi connectivity index (χ2n) is 15.9. The zero-order valence-electron chi connectivity index (χ0n) is 34.8. The minimum Gasteiger partial charge on any atom is -0.481 e. The summed E-state index contributed by atoms with van der Waals surface area (Å²) in [5, 5.41) is 44.7. The standard InChI is InChI=1S/C39H51N8O14P/c1-19(2)25-14-24(13-23-16-58-62(57,61-31(23)25)59-17-27-29(50)30(51)37(60-27)47-18-41-33(46-47)32(40)52)44-36(55)26(12-22-10-8-7-9-11-22)45-35(54)20(3)42-34(53)21(4)43-38(56)39(5,6)15-28(48)49/h7-11,13-14,18-21,26-27,29-30,37,50-51H,12,15-17H2,1-6H3,(H2,40,52)(H,42,53)(H,43,56)(H,44,55)(H,45,54)(H,48,49). The number of primary amides is 1. The van der Waals surface area contributed by atoms with Crippen molar-refractivity contribution in [2.75, 3.05) is 11.9 Å². The molecule has 9 N–H and O–H groups in total. The summed E-state index contributed by atoms with van der Waals surface area (Å²) in [5.74, 6) is -5.22. The number of nitrogens with zero attached hydrogens (tertiary/aromatic N) is 3. The van der Waals surface area contributed by atoms with E-state index in [9.17, 15) is 43.5 Å². The Balaban J connectivity index is 1.25. The Morgan fingerprint density at radius 3 is 2.26 bits per heavy atom. The van der Waals surface area contributed by atoms with Gasteiger partial charge in [0.05, 0.1) is 25.0 Å². The summed E-state index contributed by atoms with van der Waals surface area (Å²) in [7, 11) is -4.35. The van der Waals surface area contributed by atoms with Gasteiger partial charge in [0.25, 0.3) is 5.91 Å². The Labute approximate surface area is 355 Å². The highest BCUT2D eigenvalue weighted by Gasteiger charge is 2.47. The molecule has 0 saturated carbocycles. The molecule has 22 nitrogen and oxygen atoms in total. The van der Waals surface area contributed by atoms with E-state index >= 15 is 0 Å². The molecule has 8 unspecified atom stereocenters. The number of aliphatic hydroxyl groups excluding tert-OH is 2. The average molecular weight is 887 g/mol. The SMILES string of the molecule is CC(NC(=O)C(C)NC(=O)C(C)(C)CC(=O)O)C(=O)NC(Cc1ccccc1)C(=O)Nc1cc2c(c(C(C)C)c1)OP(=O)(OCC1OC(n3cnc(C(N)=O)n3)C(O)C1O)OC2. The lowest BCUT2D eigenvalue weighted by Gasteiger charge is -2.29. The number of phosphoric ester groups is 1. The molecule has 5 amide bonds. The van der Waals surface area contributed by atoms with E-state index in [0.717, 1.165) is 11.0 Å². The first-order chi connectivity index (χ1) is 29.1. The highest BCUT2D eigenvalue weighted by Crippen LogP contribution is 2.57. The van der Waals surface area contributed by atoms with Crippen LogP contribution in [0.15, 0.2) is 48.8 Å². The second-order valence-corrected chi connectivity index (χ2v) is 17.5. The summed E-state index contributed by atoms with van der Waals surface area (Å²) in [6, 6.07) is 8.60. The van der Waals surface area contributed by atoms with Crippen LogP contribution in [-0.2, 0) is 55.3 Å². The van der Waals surface area contributed by atoms with E-state index in [4.69, 9.17) is 29.1 Å². The van der Waals surface area contributed by atoms with E-state index < -0.39 is 104 Å². The number of nitrogens with two attached hydrogens (primary N) is 1. The van der Waals surface area contributed by atoms with Gasteiger partial charge in [-0.25, -0.2) is 14.2 Å². The van der Waals surface area contributed by atoms with Crippen LogP contribution in [0.3, 0.4) is 0 Å². The first-order valence-corrected chi connectivity index (χ1v) is 21.0. The lowest BCUT2D eigenvalue weighted by Crippen LogP contribution is -2.55. The molecule has 0 aliphatic carbocycles. The fourth-order valence-electron chi connectivity index (χ4n) is 6.45. The topological polar surface area (TPSA) is 322 Å². The number of aliphatic hydroxyl groups is 2. The Hall–Kier alpha value is -5.77. The number of aliphatic carboxylic acids is 1. The highest BCUT2D eigenvalue weighted by molar-refractivity contribution is 7.49. The molecule has 8 atom stereocenters. The van der Waals surface area contributed by atoms with Gasteiger partial charge in [0.2, 0.25) is 29.5 Å². The van der Waals surface area contributed by atoms with Crippen LogP contribution in [0.4, 0.5) is 5.69 Å². The number of nitrogens with one attached hydrogen (secondary N) is 4. The quantitative estimate of drug-likeness (QED) is 0.0827. The maximum Gasteiger partial charge on any atom is 0.530 e. The molecule has 336 valence electrons. The second kappa shape index (κ2) is 19.5. The smallest absolute Gasteiger partial charge is 0.481 e. The zero-order chi connectivity index (χ0) is 45.7. The third-order valence-corrected chi connectivity index (χ3v) is 11.3. The van der Waals surface area contributed by atoms with E-state index in [2.05, 4.69) is 31.3 Å². The van der Waals surface area contributed by atoms with E-state index in [-0.39, 0.29) is 30.5 Å². The van der Waals surface area contributed by atoms with Crippen molar-refractivity contribution < 1.29 is 67.0 Å². The molecule has 23 heteroatoms. The van der Waals surface area contributed by atoms with Gasteiger partial charge in [-0.2, -0.15) is 0 Å². The van der Waals surface area contributed by atoms with Crippen LogP contribution in [0.1, 0.15) is 87.4 Å². The van der Waals surface area contributed by atoms with Crippen LogP contribution in [-0.4, -0.2) is 109 Å². The van der Waals surface area contributed by atoms with E-state index in [1.165, 1.54) is 27.7 Å². The molecule has 62 heavy (non-hydrogen) atoms. The van der Waals surface area contributed by atoms with Crippen molar-refractivity contribution >= 4 is 49.0 Å². The van der Waals surface area contributed by atoms with Gasteiger partial charge in [0.15, 0.2) is 6.23 Å². The third kappa shape index (κ3) is 11.6. The first kappa shape index (κ1) is 47.3. The molecule has 3 heterocycles. The number of carboxylic acid groups (broad SMARTS) is 1. The summed E-state index contributed by atoms with van der Waals surface area (Å²) < 4.78 is 37.3. The maximum absolute atomic E-state index is 13.9. The Morgan fingerprint density at radius 2 is 1.63 bits per heavy atom. The number of carbonyl (C=O) groups is 6. The third-order valence-electron chi connectivity index (χ3n) is 10.0. The van der Waals surface area contributed by atoms with Crippen molar-refractivity contribution in [2.24, 2.45) is 11.1 Å². The van der Waals surface area contributed by atoms with Crippen LogP contribution in [0.2, 0.25) is 0 Å². The number of phosphoric acid groups is 1. The molecule has 3 aromatic rings. The van der Waals surface area contributed by atoms with Crippen molar-refractivity contribution in [3.63, 3.8) is 0 Å². The van der Waals surface area contributed by atoms with Crippen LogP contribution >= 0.6 is 7.82 Å². The van der Waals surface area contributed by atoms with E-state index in [1.807, 2.05) is 13.8 Å². The minimum absolute atomic E-state index is 0.0589. The number of rotatable bonds is 18. The van der Waals surface area contributed by atoms with Gasteiger partial charge in [-0.15, -0.1) is 5.10 Å². The van der Waals surface area contributed by atoms with Crippen molar-refractivity contribution in [3.8, 4) is 5.75 Å². The molecular weight excluding hydrogens is 835 g/mol. The molecule has 2 aliphatic rings. The molecule has 0 spiro atoms. The summed E-state index contributed by atoms with van der Waals surface area (Å²) in [6.07, 6.45) is -4.89. The van der Waals surface area contributed by atoms with Crippen molar-refractivity contribution in [3.05, 3.63) is 71.3 Å². The average Bonchev–Trinajstić information content (AvgIpc) is 3.80. The summed E-state index contributed by atoms with van der Waals surface area (Å²) in [4.78, 5) is 79.3. The number of carboxylic acids is 1. The molecule has 2 aromatic carbocycles. The predicted molar refractivity (Wildman–Crippen MR) is 216 cm³/mol.